The maximum Gasteiger partial charge on any atom is 0.412 e. The highest BCUT2D eigenvalue weighted by Crippen LogP contribution is 2.37. The number of hydrogen-bond acceptors (Lipinski definition) is 4. The number of rotatable bonds is 7. The van der Waals surface area contributed by atoms with E-state index in [1.54, 1.807) is 5.32 Å². The van der Waals surface area contributed by atoms with E-state index < -0.39 is 29.4 Å². The molecule has 0 aliphatic rings. The van der Waals surface area contributed by atoms with Crippen LogP contribution in [0.3, 0.4) is 0 Å². The van der Waals surface area contributed by atoms with Crippen LogP contribution in [0.25, 0.3) is 0 Å². The van der Waals surface area contributed by atoms with E-state index in [1.807, 2.05) is 0 Å². The molecule has 0 saturated heterocycles. The van der Waals surface area contributed by atoms with E-state index in [2.05, 4.69) is 4.72 Å². The molecule has 0 saturated carbocycles. The van der Waals surface area contributed by atoms with Crippen LogP contribution >= 0.6 is 23.2 Å². The van der Waals surface area contributed by atoms with Crippen LogP contribution in [0.4, 0.5) is 34.6 Å². The number of hydrogen-bond donors (Lipinski definition) is 5. The summed E-state index contributed by atoms with van der Waals surface area (Å²) < 4.78 is 67.5. The first kappa shape index (κ1) is 25.3. The SMILES string of the molecule is N=Cc1cc(C(N[S+](O)c2c(N)cc(Cl)cc2Cl)C(F)(F)F)ccc1[NH2+]c1ccc(F)cc1. The first-order chi connectivity index (χ1) is 15.5. The molecule has 0 amide bonds. The zero-order valence-corrected chi connectivity index (χ0v) is 19.0. The second kappa shape index (κ2) is 10.3. The van der Waals surface area contributed by atoms with E-state index in [9.17, 15) is 22.1 Å². The summed E-state index contributed by atoms with van der Waals surface area (Å²) in [4.78, 5) is -0.108. The molecule has 3 aromatic carbocycles. The number of alkyl halides is 3. The van der Waals surface area contributed by atoms with Gasteiger partial charge in [-0.3, -0.25) is 5.32 Å². The van der Waals surface area contributed by atoms with Crippen molar-refractivity contribution in [3.8, 4) is 0 Å². The molecular formula is C21H18Cl2F4N4OS+2. The number of quaternary nitrogens is 1. The second-order valence-corrected chi connectivity index (χ2v) is 8.97. The van der Waals surface area contributed by atoms with Crippen LogP contribution in [0.2, 0.25) is 10.0 Å². The minimum Gasteiger partial charge on any atom is -0.394 e. The lowest BCUT2D eigenvalue weighted by atomic mass is 10.0. The van der Waals surface area contributed by atoms with Crippen LogP contribution in [0.1, 0.15) is 17.2 Å². The summed E-state index contributed by atoms with van der Waals surface area (Å²) in [6.45, 7) is 0. The highest BCUT2D eigenvalue weighted by molar-refractivity contribution is 7.89. The van der Waals surface area contributed by atoms with Crippen LogP contribution < -0.4 is 15.8 Å². The molecule has 2 unspecified atom stereocenters. The van der Waals surface area contributed by atoms with Gasteiger partial charge in [0.15, 0.2) is 6.04 Å². The molecule has 0 aromatic heterocycles. The zero-order chi connectivity index (χ0) is 24.3. The highest BCUT2D eigenvalue weighted by Gasteiger charge is 2.47. The molecule has 0 heterocycles. The summed E-state index contributed by atoms with van der Waals surface area (Å²) in [5.41, 5.74) is 6.79. The summed E-state index contributed by atoms with van der Waals surface area (Å²) in [7, 11) is 0. The fourth-order valence-electron chi connectivity index (χ4n) is 3.05. The largest absolute Gasteiger partial charge is 0.412 e. The van der Waals surface area contributed by atoms with Crippen molar-refractivity contribution in [3.63, 3.8) is 0 Å². The van der Waals surface area contributed by atoms with E-state index in [0.717, 1.165) is 6.21 Å². The number of nitrogens with two attached hydrogens (primary N) is 2. The highest BCUT2D eigenvalue weighted by atomic mass is 35.5. The minimum absolute atomic E-state index is 0.0591. The Balaban J connectivity index is 1.93. The molecule has 0 bridgehead atoms. The van der Waals surface area contributed by atoms with Crippen molar-refractivity contribution in [1.29, 1.82) is 5.41 Å². The first-order valence-electron chi connectivity index (χ1n) is 9.25. The van der Waals surface area contributed by atoms with E-state index in [-0.39, 0.29) is 31.8 Å². The summed E-state index contributed by atoms with van der Waals surface area (Å²) in [5.74, 6) is -0.422. The van der Waals surface area contributed by atoms with Gasteiger partial charge in [-0.05, 0) is 35.9 Å². The van der Waals surface area contributed by atoms with E-state index in [0.29, 0.717) is 11.4 Å². The lowest BCUT2D eigenvalue weighted by Gasteiger charge is -2.20. The first-order valence-corrected chi connectivity index (χ1v) is 11.2. The molecule has 0 spiro atoms. The van der Waals surface area contributed by atoms with E-state index >= 15 is 0 Å². The van der Waals surface area contributed by atoms with Crippen molar-refractivity contribution in [2.45, 2.75) is 17.1 Å². The van der Waals surface area contributed by atoms with Crippen LogP contribution in [0.5, 0.6) is 0 Å². The van der Waals surface area contributed by atoms with Gasteiger partial charge in [0, 0.05) is 29.4 Å². The number of nitrogen functional groups attached to an aromatic ring is 1. The van der Waals surface area contributed by atoms with Gasteiger partial charge in [0.05, 0.1) is 11.3 Å². The third kappa shape index (κ3) is 6.17. The molecule has 0 aliphatic carbocycles. The van der Waals surface area contributed by atoms with Gasteiger partial charge < -0.3 is 11.1 Å². The van der Waals surface area contributed by atoms with Crippen molar-refractivity contribution >= 4 is 57.8 Å². The lowest BCUT2D eigenvalue weighted by molar-refractivity contribution is -0.478. The molecule has 5 nitrogen and oxygen atoms in total. The second-order valence-electron chi connectivity index (χ2n) is 6.91. The molecule has 7 N–H and O–H groups in total. The predicted molar refractivity (Wildman–Crippen MR) is 123 cm³/mol. The lowest BCUT2D eigenvalue weighted by Crippen LogP contribution is -2.71. The Kier molecular flexibility index (Phi) is 7.88. The summed E-state index contributed by atoms with van der Waals surface area (Å²) in [6, 6.07) is 9.62. The van der Waals surface area contributed by atoms with Gasteiger partial charge in [-0.25, -0.2) is 4.39 Å². The Morgan fingerprint density at radius 2 is 1.76 bits per heavy atom. The fraction of sp³-hybridized carbons (Fsp3) is 0.0952. The average Bonchev–Trinajstić information content (AvgIpc) is 2.72. The predicted octanol–water partition coefficient (Wildman–Crippen LogP) is 5.50. The van der Waals surface area contributed by atoms with Gasteiger partial charge in [-0.15, -0.1) is 0 Å². The standard InChI is InChI=1S/C21H17Cl2F4N4OS/c22-13-8-16(23)19(17(29)9-13)33(32)31-20(21(25,26)27)11-1-6-18(12(7-11)10-28)30-15-4-2-14(24)3-5-15/h1-10,20,28,30-32H,29H2/q+1/p+1. The van der Waals surface area contributed by atoms with Gasteiger partial charge in [-0.1, -0.05) is 34.0 Å². The average molecular weight is 521 g/mol. The molecule has 0 aliphatic heterocycles. The molecule has 0 radical (unpaired) electrons. The monoisotopic (exact) mass is 520 g/mol. The Bertz CT molecular complexity index is 1140. The molecular weight excluding hydrogens is 503 g/mol. The summed E-state index contributed by atoms with van der Waals surface area (Å²) in [5, 5.41) is 9.34. The van der Waals surface area contributed by atoms with Crippen LogP contribution in [-0.4, -0.2) is 16.9 Å². The van der Waals surface area contributed by atoms with Crippen molar-refractivity contribution in [2.75, 3.05) is 5.73 Å². The van der Waals surface area contributed by atoms with E-state index in [1.165, 1.54) is 54.6 Å². The maximum atomic E-state index is 13.9. The number of halogens is 6. The van der Waals surface area contributed by atoms with E-state index in [4.69, 9.17) is 34.3 Å². The molecule has 33 heavy (non-hydrogen) atoms. The zero-order valence-electron chi connectivity index (χ0n) is 16.6. The topological polar surface area (TPSA) is 98.7 Å². The number of anilines is 1. The molecule has 12 heteroatoms. The van der Waals surface area contributed by atoms with Crippen LogP contribution in [0.15, 0.2) is 59.5 Å². The molecule has 3 aromatic rings. The maximum absolute atomic E-state index is 13.9. The van der Waals surface area contributed by atoms with Gasteiger partial charge in [0.2, 0.25) is 0 Å². The Morgan fingerprint density at radius 3 is 2.33 bits per heavy atom. The van der Waals surface area contributed by atoms with Gasteiger partial charge in [0.25, 0.3) is 16.3 Å². The minimum atomic E-state index is -4.79. The van der Waals surface area contributed by atoms with Crippen molar-refractivity contribution in [1.82, 2.24) is 4.72 Å². The van der Waals surface area contributed by atoms with Crippen LogP contribution in [0, 0.1) is 11.2 Å². The quantitative estimate of drug-likeness (QED) is 0.123. The smallest absolute Gasteiger partial charge is 0.394 e. The Morgan fingerprint density at radius 1 is 1.09 bits per heavy atom. The normalized spacial score (nSPS) is 13.5. The van der Waals surface area contributed by atoms with Gasteiger partial charge in [0.1, 0.15) is 22.2 Å². The van der Waals surface area contributed by atoms with Crippen molar-refractivity contribution in [3.05, 3.63) is 81.6 Å². The van der Waals surface area contributed by atoms with Gasteiger partial charge >= 0.3 is 6.18 Å². The molecule has 3 rings (SSSR count). The van der Waals surface area contributed by atoms with Crippen molar-refractivity contribution in [2.24, 2.45) is 0 Å². The molecule has 0 fully saturated rings. The molecule has 2 atom stereocenters. The summed E-state index contributed by atoms with van der Waals surface area (Å²) in [6.07, 6.45) is -3.87. The van der Waals surface area contributed by atoms with Gasteiger partial charge in [-0.2, -0.15) is 17.7 Å². The third-order valence-electron chi connectivity index (χ3n) is 4.58. The number of nitrogens with one attached hydrogen (secondary N) is 2. The molecule has 174 valence electrons. The van der Waals surface area contributed by atoms with Crippen molar-refractivity contribution < 1.29 is 27.4 Å². The summed E-state index contributed by atoms with van der Waals surface area (Å²) >= 11 is 9.69. The third-order valence-corrected chi connectivity index (χ3v) is 6.51. The Hall–Kier alpha value is -2.34. The fourth-order valence-corrected chi connectivity index (χ4v) is 4.91. The number of benzene rings is 3. The van der Waals surface area contributed by atoms with Crippen LogP contribution in [-0.2, 0) is 11.4 Å². The Labute approximate surface area is 199 Å².